The smallest absolute Gasteiger partial charge is 0.207 e. The maximum absolute atomic E-state index is 6.15. The predicted molar refractivity (Wildman–Crippen MR) is 72.9 cm³/mol. The maximum Gasteiger partial charge on any atom is 0.207 e. The standard InChI is InChI=1S/C11H10Cl3N3/c1-6-5-17(11(15-2)16-6)10-4-8(13)7(12)3-9(10)14/h3-5H,1-2H3,(H,15,16). The number of hydrogen-bond acceptors (Lipinski definition) is 2. The van der Waals surface area contributed by atoms with Gasteiger partial charge in [-0.05, 0) is 19.1 Å². The van der Waals surface area contributed by atoms with E-state index in [2.05, 4.69) is 10.3 Å². The molecule has 1 heterocycles. The fourth-order valence-electron chi connectivity index (χ4n) is 1.55. The second-order valence-electron chi connectivity index (χ2n) is 3.54. The quantitative estimate of drug-likeness (QED) is 0.841. The van der Waals surface area contributed by atoms with E-state index in [1.807, 2.05) is 17.7 Å². The number of halogens is 3. The normalized spacial score (nSPS) is 10.6. The van der Waals surface area contributed by atoms with Crippen LogP contribution in [0.4, 0.5) is 5.95 Å². The van der Waals surface area contributed by atoms with Gasteiger partial charge < -0.3 is 5.32 Å². The van der Waals surface area contributed by atoms with Gasteiger partial charge in [0.1, 0.15) is 0 Å². The zero-order valence-corrected chi connectivity index (χ0v) is 11.5. The van der Waals surface area contributed by atoms with E-state index in [-0.39, 0.29) is 0 Å². The Balaban J connectivity index is 2.63. The number of imidazole rings is 1. The van der Waals surface area contributed by atoms with E-state index in [0.717, 1.165) is 11.4 Å². The Kier molecular flexibility index (Phi) is 3.52. The molecule has 17 heavy (non-hydrogen) atoms. The molecule has 0 aliphatic heterocycles. The van der Waals surface area contributed by atoms with E-state index in [1.165, 1.54) is 0 Å². The summed E-state index contributed by atoms with van der Waals surface area (Å²) < 4.78 is 1.83. The number of hydrogen-bond donors (Lipinski definition) is 1. The van der Waals surface area contributed by atoms with Crippen molar-refractivity contribution < 1.29 is 0 Å². The first-order chi connectivity index (χ1) is 8.02. The van der Waals surface area contributed by atoms with Crippen LogP contribution >= 0.6 is 34.8 Å². The molecule has 0 bridgehead atoms. The highest BCUT2D eigenvalue weighted by atomic mass is 35.5. The minimum Gasteiger partial charge on any atom is -0.358 e. The average Bonchev–Trinajstić information content (AvgIpc) is 2.64. The van der Waals surface area contributed by atoms with Gasteiger partial charge in [0, 0.05) is 13.2 Å². The Bertz CT molecular complexity index is 563. The van der Waals surface area contributed by atoms with Crippen LogP contribution < -0.4 is 5.32 Å². The molecule has 0 radical (unpaired) electrons. The molecular formula is C11H10Cl3N3. The minimum atomic E-state index is 0.434. The molecule has 2 rings (SSSR count). The molecule has 2 aromatic rings. The molecule has 3 nitrogen and oxygen atoms in total. The minimum absolute atomic E-state index is 0.434. The average molecular weight is 291 g/mol. The zero-order valence-electron chi connectivity index (χ0n) is 9.26. The van der Waals surface area contributed by atoms with Crippen LogP contribution in [-0.2, 0) is 0 Å². The molecular weight excluding hydrogens is 281 g/mol. The molecule has 6 heteroatoms. The molecule has 0 aliphatic carbocycles. The third-order valence-electron chi connectivity index (χ3n) is 2.30. The summed E-state index contributed by atoms with van der Waals surface area (Å²) in [7, 11) is 1.80. The van der Waals surface area contributed by atoms with Crippen molar-refractivity contribution in [2.45, 2.75) is 6.92 Å². The van der Waals surface area contributed by atoms with E-state index in [9.17, 15) is 0 Å². The summed E-state index contributed by atoms with van der Waals surface area (Å²) in [4.78, 5) is 4.32. The fraction of sp³-hybridized carbons (Fsp3) is 0.182. The number of rotatable bonds is 2. The fourth-order valence-corrected chi connectivity index (χ4v) is 2.19. The van der Waals surface area contributed by atoms with Crippen molar-refractivity contribution in [1.29, 1.82) is 0 Å². The molecule has 0 unspecified atom stereocenters. The van der Waals surface area contributed by atoms with Crippen LogP contribution in [0.5, 0.6) is 0 Å². The molecule has 1 aromatic carbocycles. The molecule has 0 amide bonds. The van der Waals surface area contributed by atoms with Crippen molar-refractivity contribution >= 4 is 40.8 Å². The van der Waals surface area contributed by atoms with E-state index < -0.39 is 0 Å². The van der Waals surface area contributed by atoms with Gasteiger partial charge in [-0.3, -0.25) is 4.57 Å². The van der Waals surface area contributed by atoms with Crippen molar-refractivity contribution in [1.82, 2.24) is 9.55 Å². The first kappa shape index (κ1) is 12.6. The number of nitrogens with one attached hydrogen (secondary N) is 1. The highest BCUT2D eigenvalue weighted by Gasteiger charge is 2.12. The SMILES string of the molecule is CNc1nc(C)cn1-c1cc(Cl)c(Cl)cc1Cl. The lowest BCUT2D eigenvalue weighted by Gasteiger charge is -2.10. The van der Waals surface area contributed by atoms with Crippen LogP contribution in [0, 0.1) is 6.92 Å². The van der Waals surface area contributed by atoms with Crippen molar-refractivity contribution in [3.05, 3.63) is 39.1 Å². The number of anilines is 1. The Hall–Kier alpha value is -0.900. The molecule has 90 valence electrons. The maximum atomic E-state index is 6.15. The predicted octanol–water partition coefficient (Wildman–Crippen LogP) is 4.18. The lowest BCUT2D eigenvalue weighted by Crippen LogP contribution is -2.01. The molecule has 1 aromatic heterocycles. The Morgan fingerprint density at radius 2 is 1.76 bits per heavy atom. The van der Waals surface area contributed by atoms with Gasteiger partial charge in [0.05, 0.1) is 26.4 Å². The first-order valence-corrected chi connectivity index (χ1v) is 6.05. The summed E-state index contributed by atoms with van der Waals surface area (Å²) in [5.74, 6) is 0.697. The molecule has 1 N–H and O–H groups in total. The van der Waals surface area contributed by atoms with Gasteiger partial charge in [-0.25, -0.2) is 4.98 Å². The number of aromatic nitrogens is 2. The van der Waals surface area contributed by atoms with E-state index in [0.29, 0.717) is 21.0 Å². The van der Waals surface area contributed by atoms with Gasteiger partial charge in [0.25, 0.3) is 0 Å². The largest absolute Gasteiger partial charge is 0.358 e. The van der Waals surface area contributed by atoms with E-state index in [1.54, 1.807) is 19.2 Å². The van der Waals surface area contributed by atoms with Crippen LogP contribution in [0.15, 0.2) is 18.3 Å². The summed E-state index contributed by atoms with van der Waals surface area (Å²) in [6.45, 7) is 1.91. The molecule has 0 fully saturated rings. The second-order valence-corrected chi connectivity index (χ2v) is 4.77. The highest BCUT2D eigenvalue weighted by molar-refractivity contribution is 6.43. The molecule has 0 spiro atoms. The Morgan fingerprint density at radius 3 is 2.41 bits per heavy atom. The Labute approximate surface area is 114 Å². The van der Waals surface area contributed by atoms with Crippen molar-refractivity contribution in [3.8, 4) is 5.69 Å². The van der Waals surface area contributed by atoms with Crippen LogP contribution in [0.1, 0.15) is 5.69 Å². The molecule has 0 saturated carbocycles. The summed E-state index contributed by atoms with van der Waals surface area (Å²) >= 11 is 18.0. The van der Waals surface area contributed by atoms with Gasteiger partial charge in [-0.1, -0.05) is 34.8 Å². The first-order valence-electron chi connectivity index (χ1n) is 4.91. The third-order valence-corrected chi connectivity index (χ3v) is 3.32. The number of benzene rings is 1. The van der Waals surface area contributed by atoms with Crippen LogP contribution in [0.3, 0.4) is 0 Å². The summed E-state index contributed by atoms with van der Waals surface area (Å²) in [6, 6.07) is 3.34. The van der Waals surface area contributed by atoms with Gasteiger partial charge in [0.15, 0.2) is 0 Å². The van der Waals surface area contributed by atoms with E-state index >= 15 is 0 Å². The Morgan fingerprint density at radius 1 is 1.12 bits per heavy atom. The third kappa shape index (κ3) is 2.37. The highest BCUT2D eigenvalue weighted by Crippen LogP contribution is 2.32. The molecule has 0 saturated heterocycles. The van der Waals surface area contributed by atoms with Crippen molar-refractivity contribution in [2.24, 2.45) is 0 Å². The lowest BCUT2D eigenvalue weighted by molar-refractivity contribution is 1.05. The number of nitrogens with zero attached hydrogens (tertiary/aromatic N) is 2. The van der Waals surface area contributed by atoms with Gasteiger partial charge in [-0.15, -0.1) is 0 Å². The van der Waals surface area contributed by atoms with Crippen LogP contribution in [0.2, 0.25) is 15.1 Å². The second kappa shape index (κ2) is 4.77. The van der Waals surface area contributed by atoms with Crippen LogP contribution in [-0.4, -0.2) is 16.6 Å². The van der Waals surface area contributed by atoms with Crippen LogP contribution in [0.25, 0.3) is 5.69 Å². The summed E-state index contributed by atoms with van der Waals surface area (Å²) in [6.07, 6.45) is 1.87. The van der Waals surface area contributed by atoms with Gasteiger partial charge in [-0.2, -0.15) is 0 Å². The van der Waals surface area contributed by atoms with Gasteiger partial charge in [0.2, 0.25) is 5.95 Å². The summed E-state index contributed by atoms with van der Waals surface area (Å²) in [5, 5.41) is 4.41. The summed E-state index contributed by atoms with van der Waals surface area (Å²) in [5.41, 5.74) is 1.63. The zero-order chi connectivity index (χ0) is 12.6. The topological polar surface area (TPSA) is 29.9 Å². The number of aryl methyl sites for hydroxylation is 1. The van der Waals surface area contributed by atoms with Gasteiger partial charge >= 0.3 is 0 Å². The monoisotopic (exact) mass is 289 g/mol. The lowest BCUT2D eigenvalue weighted by atomic mass is 10.3. The molecule has 0 atom stereocenters. The van der Waals surface area contributed by atoms with E-state index in [4.69, 9.17) is 34.8 Å². The van der Waals surface area contributed by atoms with Crippen molar-refractivity contribution in [3.63, 3.8) is 0 Å². The van der Waals surface area contributed by atoms with Crippen molar-refractivity contribution in [2.75, 3.05) is 12.4 Å². The molecule has 0 aliphatic rings.